The zero-order valence-electron chi connectivity index (χ0n) is 17.1. The third kappa shape index (κ3) is 5.04. The van der Waals surface area contributed by atoms with Crippen LogP contribution in [0.15, 0.2) is 42.5 Å². The molecule has 0 saturated heterocycles. The van der Waals surface area contributed by atoms with Crippen molar-refractivity contribution >= 4 is 0 Å². The first kappa shape index (κ1) is 19.8. The van der Waals surface area contributed by atoms with E-state index in [1.165, 1.54) is 30.4 Å². The topological polar surface area (TPSA) is 30.5 Å². The van der Waals surface area contributed by atoms with Crippen LogP contribution in [0.1, 0.15) is 56.3 Å². The van der Waals surface area contributed by atoms with E-state index in [4.69, 9.17) is 9.47 Å². The maximum absolute atomic E-state index is 5.84. The predicted octanol–water partition coefficient (Wildman–Crippen LogP) is 5.46. The summed E-state index contributed by atoms with van der Waals surface area (Å²) in [6, 6.07) is 16.0. The number of hydrogen-bond acceptors (Lipinski definition) is 3. The van der Waals surface area contributed by atoms with E-state index in [-0.39, 0.29) is 6.04 Å². The largest absolute Gasteiger partial charge is 0.493 e. The molecule has 3 rings (SSSR count). The van der Waals surface area contributed by atoms with E-state index < -0.39 is 0 Å². The lowest BCUT2D eigenvalue weighted by Gasteiger charge is -2.38. The van der Waals surface area contributed by atoms with Crippen molar-refractivity contribution in [1.82, 2.24) is 5.32 Å². The van der Waals surface area contributed by atoms with Crippen LogP contribution in [-0.4, -0.2) is 19.3 Å². The summed E-state index contributed by atoms with van der Waals surface area (Å²) in [7, 11) is 0. The van der Waals surface area contributed by atoms with Crippen molar-refractivity contribution in [3.8, 4) is 11.5 Å². The van der Waals surface area contributed by atoms with Gasteiger partial charge < -0.3 is 14.8 Å². The summed E-state index contributed by atoms with van der Waals surface area (Å²) in [6.45, 7) is 9.69. The third-order valence-corrected chi connectivity index (χ3v) is 5.52. The van der Waals surface area contributed by atoms with Crippen LogP contribution in [0.3, 0.4) is 0 Å². The van der Waals surface area contributed by atoms with E-state index in [0.29, 0.717) is 19.3 Å². The average molecular weight is 368 g/mol. The molecule has 1 aliphatic rings. The SMILES string of the molecule is CCOc1cc(C(C)NC2CC(Cc3ccccc3)C2)cc(OCC)c1C. The Hall–Kier alpha value is -2.00. The van der Waals surface area contributed by atoms with Crippen LogP contribution in [0.4, 0.5) is 0 Å². The normalized spacial score (nSPS) is 20.0. The molecular formula is C24H33NO2. The van der Waals surface area contributed by atoms with E-state index in [2.05, 4.69) is 61.6 Å². The molecule has 0 heterocycles. The smallest absolute Gasteiger partial charge is 0.126 e. The summed E-state index contributed by atoms with van der Waals surface area (Å²) in [5.74, 6) is 2.67. The fraction of sp³-hybridized carbons (Fsp3) is 0.500. The lowest BCUT2D eigenvalue weighted by Crippen LogP contribution is -2.43. The lowest BCUT2D eigenvalue weighted by atomic mass is 9.76. The minimum absolute atomic E-state index is 0.284. The van der Waals surface area contributed by atoms with Gasteiger partial charge in [0.05, 0.1) is 13.2 Å². The van der Waals surface area contributed by atoms with Gasteiger partial charge in [-0.25, -0.2) is 0 Å². The fourth-order valence-corrected chi connectivity index (χ4v) is 3.98. The minimum Gasteiger partial charge on any atom is -0.493 e. The summed E-state index contributed by atoms with van der Waals surface area (Å²) in [5, 5.41) is 3.80. The molecule has 27 heavy (non-hydrogen) atoms. The van der Waals surface area contributed by atoms with Crippen molar-refractivity contribution in [2.75, 3.05) is 13.2 Å². The van der Waals surface area contributed by atoms with Crippen LogP contribution in [-0.2, 0) is 6.42 Å². The van der Waals surface area contributed by atoms with Crippen LogP contribution < -0.4 is 14.8 Å². The van der Waals surface area contributed by atoms with E-state index in [0.717, 1.165) is 23.0 Å². The number of benzene rings is 2. The minimum atomic E-state index is 0.284. The van der Waals surface area contributed by atoms with E-state index in [1.54, 1.807) is 0 Å². The van der Waals surface area contributed by atoms with Crippen LogP contribution >= 0.6 is 0 Å². The first-order chi connectivity index (χ1) is 13.1. The first-order valence-corrected chi connectivity index (χ1v) is 10.3. The van der Waals surface area contributed by atoms with Crippen molar-refractivity contribution in [3.63, 3.8) is 0 Å². The molecule has 1 N–H and O–H groups in total. The number of nitrogens with one attached hydrogen (secondary N) is 1. The quantitative estimate of drug-likeness (QED) is 0.638. The highest BCUT2D eigenvalue weighted by atomic mass is 16.5. The van der Waals surface area contributed by atoms with Gasteiger partial charge in [-0.1, -0.05) is 30.3 Å². The lowest BCUT2D eigenvalue weighted by molar-refractivity contribution is 0.208. The van der Waals surface area contributed by atoms with Gasteiger partial charge in [0, 0.05) is 17.6 Å². The second kappa shape index (κ2) is 9.27. The summed E-state index contributed by atoms with van der Waals surface area (Å²) in [4.78, 5) is 0. The van der Waals surface area contributed by atoms with Crippen molar-refractivity contribution < 1.29 is 9.47 Å². The highest BCUT2D eigenvalue weighted by Gasteiger charge is 2.30. The Morgan fingerprint density at radius 3 is 2.15 bits per heavy atom. The molecule has 3 nitrogen and oxygen atoms in total. The monoisotopic (exact) mass is 367 g/mol. The van der Waals surface area contributed by atoms with Crippen LogP contribution in [0.25, 0.3) is 0 Å². The van der Waals surface area contributed by atoms with Gasteiger partial charge in [0.15, 0.2) is 0 Å². The number of rotatable bonds is 9. The number of ether oxygens (including phenoxy) is 2. The Balaban J connectivity index is 1.59. The molecule has 0 radical (unpaired) electrons. The summed E-state index contributed by atoms with van der Waals surface area (Å²) in [6.07, 6.45) is 3.70. The molecule has 0 aromatic heterocycles. The Kier molecular flexibility index (Phi) is 6.78. The summed E-state index contributed by atoms with van der Waals surface area (Å²) in [5.41, 5.74) is 3.77. The van der Waals surface area contributed by atoms with Gasteiger partial charge >= 0.3 is 0 Å². The Morgan fingerprint density at radius 2 is 1.59 bits per heavy atom. The van der Waals surface area contributed by atoms with E-state index in [9.17, 15) is 0 Å². The average Bonchev–Trinajstić information content (AvgIpc) is 2.64. The summed E-state index contributed by atoms with van der Waals surface area (Å²) < 4.78 is 11.7. The number of hydrogen-bond donors (Lipinski definition) is 1. The van der Waals surface area contributed by atoms with E-state index >= 15 is 0 Å². The standard InChI is InChI=1S/C24H33NO2/c1-5-26-23-15-21(16-24(17(23)3)27-6-2)18(4)25-22-13-20(14-22)12-19-10-8-7-9-11-19/h7-11,15-16,18,20,22,25H,5-6,12-14H2,1-4H3. The molecule has 1 aliphatic carbocycles. The van der Waals surface area contributed by atoms with Gasteiger partial charge in [-0.2, -0.15) is 0 Å². The third-order valence-electron chi connectivity index (χ3n) is 5.52. The molecule has 0 spiro atoms. The molecule has 2 aromatic carbocycles. The molecular weight excluding hydrogens is 334 g/mol. The van der Waals surface area contributed by atoms with Gasteiger partial charge in [0.1, 0.15) is 11.5 Å². The molecule has 1 fully saturated rings. The maximum atomic E-state index is 5.84. The highest BCUT2D eigenvalue weighted by molar-refractivity contribution is 5.48. The van der Waals surface area contributed by atoms with E-state index in [1.807, 2.05) is 13.8 Å². The second-order valence-corrected chi connectivity index (χ2v) is 7.62. The zero-order valence-corrected chi connectivity index (χ0v) is 17.1. The van der Waals surface area contributed by atoms with Gasteiger partial charge in [0.2, 0.25) is 0 Å². The maximum Gasteiger partial charge on any atom is 0.126 e. The second-order valence-electron chi connectivity index (χ2n) is 7.62. The summed E-state index contributed by atoms with van der Waals surface area (Å²) >= 11 is 0. The highest BCUT2D eigenvalue weighted by Crippen LogP contribution is 2.35. The van der Waals surface area contributed by atoms with Crippen LogP contribution in [0.5, 0.6) is 11.5 Å². The molecule has 146 valence electrons. The molecule has 3 heteroatoms. The van der Waals surface area contributed by atoms with Gasteiger partial charge in [0.25, 0.3) is 0 Å². The van der Waals surface area contributed by atoms with Crippen LogP contribution in [0, 0.1) is 12.8 Å². The first-order valence-electron chi connectivity index (χ1n) is 10.3. The molecule has 0 amide bonds. The zero-order chi connectivity index (χ0) is 19.2. The van der Waals surface area contributed by atoms with Crippen molar-refractivity contribution in [2.45, 2.75) is 59.0 Å². The van der Waals surface area contributed by atoms with Crippen molar-refractivity contribution in [1.29, 1.82) is 0 Å². The van der Waals surface area contributed by atoms with Crippen LogP contribution in [0.2, 0.25) is 0 Å². The molecule has 0 aliphatic heterocycles. The fourth-order valence-electron chi connectivity index (χ4n) is 3.98. The Labute approximate surface area is 164 Å². The Bertz CT molecular complexity index is 695. The van der Waals surface area contributed by atoms with Gasteiger partial charge in [-0.15, -0.1) is 0 Å². The molecule has 2 aromatic rings. The molecule has 1 atom stereocenters. The molecule has 1 saturated carbocycles. The predicted molar refractivity (Wildman–Crippen MR) is 112 cm³/mol. The van der Waals surface area contributed by atoms with Gasteiger partial charge in [-0.05, 0) is 76.1 Å². The molecule has 0 bridgehead atoms. The molecule has 1 unspecified atom stereocenters. The Morgan fingerprint density at radius 1 is 1.00 bits per heavy atom. The van der Waals surface area contributed by atoms with Crippen molar-refractivity contribution in [2.24, 2.45) is 5.92 Å². The van der Waals surface area contributed by atoms with Crippen molar-refractivity contribution in [3.05, 3.63) is 59.2 Å². The van der Waals surface area contributed by atoms with Gasteiger partial charge in [-0.3, -0.25) is 0 Å².